The van der Waals surface area contributed by atoms with Crippen molar-refractivity contribution in [3.8, 4) is 11.1 Å². The van der Waals surface area contributed by atoms with Crippen LogP contribution in [0.5, 0.6) is 0 Å². The predicted molar refractivity (Wildman–Crippen MR) is 111 cm³/mol. The zero-order chi connectivity index (χ0) is 20.5. The summed E-state index contributed by atoms with van der Waals surface area (Å²) in [4.78, 5) is 39.6. The van der Waals surface area contributed by atoms with Gasteiger partial charge in [-0.3, -0.25) is 14.5 Å². The third-order valence-electron chi connectivity index (χ3n) is 5.38. The summed E-state index contributed by atoms with van der Waals surface area (Å²) in [6, 6.07) is 12.3. The Morgan fingerprint density at radius 3 is 2.17 bits per heavy atom. The van der Waals surface area contributed by atoms with E-state index in [1.165, 1.54) is 4.90 Å². The minimum atomic E-state index is -0.335. The number of benzene rings is 2. The molecule has 0 aromatic heterocycles. The van der Waals surface area contributed by atoms with Crippen molar-refractivity contribution in [1.29, 1.82) is 0 Å². The van der Waals surface area contributed by atoms with Crippen molar-refractivity contribution >= 4 is 41.0 Å². The number of urea groups is 1. The van der Waals surface area contributed by atoms with Gasteiger partial charge >= 0.3 is 6.03 Å². The molecule has 6 nitrogen and oxygen atoms in total. The summed E-state index contributed by atoms with van der Waals surface area (Å²) in [5.41, 5.74) is 2.47. The fourth-order valence-corrected chi connectivity index (χ4v) is 4.09. The van der Waals surface area contributed by atoms with Crippen molar-refractivity contribution in [3.05, 3.63) is 58.1 Å². The van der Waals surface area contributed by atoms with Gasteiger partial charge in [0.15, 0.2) is 0 Å². The fraction of sp³-hybridized carbons (Fsp3) is 0.286. The first-order valence-corrected chi connectivity index (χ1v) is 10.1. The van der Waals surface area contributed by atoms with Gasteiger partial charge in [-0.2, -0.15) is 0 Å². The van der Waals surface area contributed by atoms with Gasteiger partial charge in [0.1, 0.15) is 0 Å². The topological polar surface area (TPSA) is 69.7 Å². The lowest BCUT2D eigenvalue weighted by molar-refractivity contribution is -0.127. The molecule has 0 spiro atoms. The summed E-state index contributed by atoms with van der Waals surface area (Å²) in [7, 11) is 0. The summed E-state index contributed by atoms with van der Waals surface area (Å²) in [6.45, 7) is 1.08. The number of nitrogens with one attached hydrogen (secondary N) is 1. The Kier molecular flexibility index (Phi) is 5.48. The Labute approximate surface area is 178 Å². The van der Waals surface area contributed by atoms with Crippen molar-refractivity contribution in [2.45, 2.75) is 18.9 Å². The maximum Gasteiger partial charge on any atom is 0.324 e. The molecule has 0 atom stereocenters. The molecule has 4 amide bonds. The summed E-state index contributed by atoms with van der Waals surface area (Å²) >= 11 is 12.0. The highest BCUT2D eigenvalue weighted by Gasteiger charge is 2.37. The van der Waals surface area contributed by atoms with Gasteiger partial charge in [0.05, 0.1) is 16.6 Å². The Balaban J connectivity index is 1.40. The lowest BCUT2D eigenvalue weighted by atomic mass is 10.0. The van der Waals surface area contributed by atoms with E-state index in [4.69, 9.17) is 23.2 Å². The van der Waals surface area contributed by atoms with Gasteiger partial charge in [0, 0.05) is 24.7 Å². The second-order valence-corrected chi connectivity index (χ2v) is 7.97. The molecule has 0 radical (unpaired) electrons. The van der Waals surface area contributed by atoms with Crippen LogP contribution in [0.2, 0.25) is 10.0 Å². The van der Waals surface area contributed by atoms with Crippen LogP contribution >= 0.6 is 23.2 Å². The molecule has 4 rings (SSSR count). The number of halogens is 2. The van der Waals surface area contributed by atoms with Crippen LogP contribution in [-0.4, -0.2) is 53.3 Å². The standard InChI is InChI=1S/C21H19Cl2N3O3/c22-17-6-5-15(11-18(17)23)13-1-3-14(4-2-13)20(28)25-9-7-16(8-10-25)26-19(27)12-24-21(26)29/h1-6,11,16H,7-10,12H2,(H,24,29). The third kappa shape index (κ3) is 3.95. The van der Waals surface area contributed by atoms with E-state index in [1.807, 2.05) is 18.2 Å². The number of imide groups is 1. The van der Waals surface area contributed by atoms with E-state index in [1.54, 1.807) is 29.2 Å². The number of rotatable bonds is 3. The smallest absolute Gasteiger partial charge is 0.324 e. The number of amides is 4. The average molecular weight is 432 g/mol. The van der Waals surface area contributed by atoms with Crippen LogP contribution in [0, 0.1) is 0 Å². The van der Waals surface area contributed by atoms with Crippen LogP contribution < -0.4 is 5.32 Å². The van der Waals surface area contributed by atoms with Crippen LogP contribution in [0.1, 0.15) is 23.2 Å². The molecule has 0 bridgehead atoms. The minimum Gasteiger partial charge on any atom is -0.338 e. The van der Waals surface area contributed by atoms with Gasteiger partial charge in [0.2, 0.25) is 5.91 Å². The first-order valence-electron chi connectivity index (χ1n) is 9.38. The molecule has 2 fully saturated rings. The second kappa shape index (κ2) is 8.05. The molecule has 2 saturated heterocycles. The van der Waals surface area contributed by atoms with Gasteiger partial charge in [-0.25, -0.2) is 4.79 Å². The number of piperidine rings is 1. The fourth-order valence-electron chi connectivity index (χ4n) is 3.79. The van der Waals surface area contributed by atoms with E-state index < -0.39 is 0 Å². The van der Waals surface area contributed by atoms with Crippen molar-refractivity contribution in [2.24, 2.45) is 0 Å². The Bertz CT molecular complexity index is 954. The summed E-state index contributed by atoms with van der Waals surface area (Å²) in [6.07, 6.45) is 1.18. The molecule has 2 aliphatic heterocycles. The average Bonchev–Trinajstić information content (AvgIpc) is 3.08. The van der Waals surface area contributed by atoms with Gasteiger partial charge in [-0.1, -0.05) is 41.4 Å². The summed E-state index contributed by atoms with van der Waals surface area (Å²) in [5, 5.41) is 3.53. The van der Waals surface area contributed by atoms with Crippen molar-refractivity contribution < 1.29 is 14.4 Å². The van der Waals surface area contributed by atoms with Crippen LogP contribution in [0.4, 0.5) is 4.79 Å². The van der Waals surface area contributed by atoms with E-state index in [0.717, 1.165) is 11.1 Å². The lowest BCUT2D eigenvalue weighted by Gasteiger charge is -2.35. The summed E-state index contributed by atoms with van der Waals surface area (Å²) in [5.74, 6) is -0.251. The van der Waals surface area contributed by atoms with Crippen molar-refractivity contribution in [2.75, 3.05) is 19.6 Å². The van der Waals surface area contributed by atoms with Crippen LogP contribution in [-0.2, 0) is 4.79 Å². The minimum absolute atomic E-state index is 0.0543. The Hall–Kier alpha value is -2.57. The molecule has 2 aromatic carbocycles. The lowest BCUT2D eigenvalue weighted by Crippen LogP contribution is -2.49. The van der Waals surface area contributed by atoms with E-state index >= 15 is 0 Å². The molecular formula is C21H19Cl2N3O3. The number of likely N-dealkylation sites (tertiary alicyclic amines) is 1. The monoisotopic (exact) mass is 431 g/mol. The zero-order valence-corrected chi connectivity index (χ0v) is 17.0. The Morgan fingerprint density at radius 2 is 1.59 bits per heavy atom. The highest BCUT2D eigenvalue weighted by Crippen LogP contribution is 2.29. The van der Waals surface area contributed by atoms with E-state index in [2.05, 4.69) is 5.32 Å². The Morgan fingerprint density at radius 1 is 0.931 bits per heavy atom. The van der Waals surface area contributed by atoms with Crippen molar-refractivity contribution in [1.82, 2.24) is 15.1 Å². The largest absolute Gasteiger partial charge is 0.338 e. The summed E-state index contributed by atoms with van der Waals surface area (Å²) < 4.78 is 0. The molecule has 2 heterocycles. The number of carbonyl (C=O) groups is 3. The normalized spacial score (nSPS) is 17.6. The molecular weight excluding hydrogens is 413 g/mol. The molecule has 2 aliphatic rings. The van der Waals surface area contributed by atoms with E-state index in [0.29, 0.717) is 41.5 Å². The van der Waals surface area contributed by atoms with Gasteiger partial charge in [0.25, 0.3) is 5.91 Å². The van der Waals surface area contributed by atoms with E-state index in [9.17, 15) is 14.4 Å². The second-order valence-electron chi connectivity index (χ2n) is 7.15. The first-order chi connectivity index (χ1) is 13.9. The first kappa shape index (κ1) is 19.7. The zero-order valence-electron chi connectivity index (χ0n) is 15.5. The van der Waals surface area contributed by atoms with Crippen LogP contribution in [0.3, 0.4) is 0 Å². The highest BCUT2D eigenvalue weighted by atomic mass is 35.5. The maximum atomic E-state index is 12.8. The molecule has 29 heavy (non-hydrogen) atoms. The molecule has 0 saturated carbocycles. The predicted octanol–water partition coefficient (Wildman–Crippen LogP) is 3.82. The molecule has 2 aromatic rings. The highest BCUT2D eigenvalue weighted by molar-refractivity contribution is 6.42. The van der Waals surface area contributed by atoms with Crippen LogP contribution in [0.15, 0.2) is 42.5 Å². The molecule has 1 N–H and O–H groups in total. The number of hydrogen-bond acceptors (Lipinski definition) is 3. The van der Waals surface area contributed by atoms with Gasteiger partial charge in [-0.05, 0) is 48.2 Å². The number of carbonyl (C=O) groups excluding carboxylic acids is 3. The third-order valence-corrected chi connectivity index (χ3v) is 6.12. The van der Waals surface area contributed by atoms with Gasteiger partial charge < -0.3 is 10.2 Å². The molecule has 150 valence electrons. The van der Waals surface area contributed by atoms with Crippen molar-refractivity contribution in [3.63, 3.8) is 0 Å². The van der Waals surface area contributed by atoms with Crippen LogP contribution in [0.25, 0.3) is 11.1 Å². The quantitative estimate of drug-likeness (QED) is 0.750. The molecule has 0 aliphatic carbocycles. The van der Waals surface area contributed by atoms with E-state index in [-0.39, 0.29) is 30.4 Å². The molecule has 8 heteroatoms. The number of hydrogen-bond donors (Lipinski definition) is 1. The SMILES string of the molecule is O=C(c1ccc(-c2ccc(Cl)c(Cl)c2)cc1)N1CCC(N2C(=O)CNC2=O)CC1. The maximum absolute atomic E-state index is 12.8. The van der Waals surface area contributed by atoms with Gasteiger partial charge in [-0.15, -0.1) is 0 Å². The molecule has 0 unspecified atom stereocenters. The number of nitrogens with zero attached hydrogens (tertiary/aromatic N) is 2.